The molecule has 0 spiro atoms. The highest BCUT2D eigenvalue weighted by atomic mass is 15.3. The molecule has 0 aromatic carbocycles. The zero-order valence-corrected chi connectivity index (χ0v) is 9.50. The summed E-state index contributed by atoms with van der Waals surface area (Å²) in [6.07, 6.45) is 2.78. The van der Waals surface area contributed by atoms with Gasteiger partial charge in [-0.3, -0.25) is 4.90 Å². The molecule has 14 heavy (non-hydrogen) atoms. The Kier molecular flexibility index (Phi) is 2.82. The van der Waals surface area contributed by atoms with Crippen molar-refractivity contribution in [2.24, 2.45) is 11.7 Å². The molecule has 1 saturated heterocycles. The maximum Gasteiger partial charge on any atom is 0.0332 e. The molecule has 1 saturated carbocycles. The summed E-state index contributed by atoms with van der Waals surface area (Å²) in [7, 11) is 2.20. The lowest BCUT2D eigenvalue weighted by atomic mass is 9.92. The Bertz CT molecular complexity index is 195. The van der Waals surface area contributed by atoms with Crippen LogP contribution in [-0.4, -0.2) is 55.1 Å². The molecule has 0 amide bonds. The van der Waals surface area contributed by atoms with Gasteiger partial charge in [-0.2, -0.15) is 0 Å². The van der Waals surface area contributed by atoms with Crippen molar-refractivity contribution in [1.29, 1.82) is 0 Å². The number of nitrogens with zero attached hydrogens (tertiary/aromatic N) is 2. The van der Waals surface area contributed by atoms with E-state index in [1.54, 1.807) is 0 Å². The Balaban J connectivity index is 1.97. The topological polar surface area (TPSA) is 32.5 Å². The lowest BCUT2D eigenvalue weighted by Crippen LogP contribution is -2.59. The fourth-order valence-corrected chi connectivity index (χ4v) is 2.58. The van der Waals surface area contributed by atoms with Crippen LogP contribution in [0.5, 0.6) is 0 Å². The van der Waals surface area contributed by atoms with Gasteiger partial charge in [0.15, 0.2) is 0 Å². The van der Waals surface area contributed by atoms with Gasteiger partial charge in [-0.1, -0.05) is 0 Å². The van der Waals surface area contributed by atoms with Crippen LogP contribution >= 0.6 is 0 Å². The maximum absolute atomic E-state index is 5.96. The van der Waals surface area contributed by atoms with Crippen molar-refractivity contribution in [2.75, 3.05) is 39.8 Å². The van der Waals surface area contributed by atoms with E-state index in [-0.39, 0.29) is 0 Å². The first-order valence-electron chi connectivity index (χ1n) is 5.80. The van der Waals surface area contributed by atoms with E-state index < -0.39 is 0 Å². The Hall–Kier alpha value is -0.120. The maximum atomic E-state index is 5.96. The smallest absolute Gasteiger partial charge is 0.0332 e. The normalized spacial score (nSPS) is 30.2. The molecule has 3 nitrogen and oxygen atoms in total. The standard InChI is InChI=1S/C11H23N3/c1-11(9-12,10-3-4-10)14-7-5-13(2)6-8-14/h10H,3-9,12H2,1-2H3. The van der Waals surface area contributed by atoms with Crippen LogP contribution in [0.25, 0.3) is 0 Å². The lowest BCUT2D eigenvalue weighted by Gasteiger charge is -2.45. The minimum absolute atomic E-state index is 0.293. The third-order valence-corrected chi connectivity index (χ3v) is 4.10. The quantitative estimate of drug-likeness (QED) is 0.709. The summed E-state index contributed by atoms with van der Waals surface area (Å²) in [5.41, 5.74) is 6.25. The molecular weight excluding hydrogens is 174 g/mol. The first-order valence-corrected chi connectivity index (χ1v) is 5.80. The highest BCUT2D eigenvalue weighted by molar-refractivity contribution is 5.01. The Morgan fingerprint density at radius 3 is 2.21 bits per heavy atom. The largest absolute Gasteiger partial charge is 0.329 e. The molecule has 1 aliphatic heterocycles. The number of piperazine rings is 1. The van der Waals surface area contributed by atoms with E-state index in [4.69, 9.17) is 5.73 Å². The zero-order valence-electron chi connectivity index (χ0n) is 9.50. The summed E-state index contributed by atoms with van der Waals surface area (Å²) < 4.78 is 0. The van der Waals surface area contributed by atoms with E-state index in [2.05, 4.69) is 23.8 Å². The minimum Gasteiger partial charge on any atom is -0.329 e. The summed E-state index contributed by atoms with van der Waals surface area (Å²) in [5, 5.41) is 0. The second-order valence-corrected chi connectivity index (χ2v) is 5.13. The van der Waals surface area contributed by atoms with Gasteiger partial charge in [-0.15, -0.1) is 0 Å². The van der Waals surface area contributed by atoms with Gasteiger partial charge >= 0.3 is 0 Å². The van der Waals surface area contributed by atoms with Crippen molar-refractivity contribution in [2.45, 2.75) is 25.3 Å². The summed E-state index contributed by atoms with van der Waals surface area (Å²) in [5.74, 6) is 0.871. The van der Waals surface area contributed by atoms with Crippen LogP contribution in [0.2, 0.25) is 0 Å². The van der Waals surface area contributed by atoms with E-state index in [1.165, 1.54) is 39.0 Å². The first-order chi connectivity index (χ1) is 6.66. The summed E-state index contributed by atoms with van der Waals surface area (Å²) >= 11 is 0. The Morgan fingerprint density at radius 2 is 1.79 bits per heavy atom. The average Bonchev–Trinajstić information content (AvgIpc) is 3.01. The van der Waals surface area contributed by atoms with Crippen LogP contribution in [0.15, 0.2) is 0 Å². The van der Waals surface area contributed by atoms with E-state index >= 15 is 0 Å². The average molecular weight is 197 g/mol. The monoisotopic (exact) mass is 197 g/mol. The third kappa shape index (κ3) is 1.81. The molecule has 2 aliphatic rings. The molecule has 1 atom stereocenters. The summed E-state index contributed by atoms with van der Waals surface area (Å²) in [4.78, 5) is 5.02. The number of nitrogens with two attached hydrogens (primary N) is 1. The highest BCUT2D eigenvalue weighted by Gasteiger charge is 2.44. The summed E-state index contributed by atoms with van der Waals surface area (Å²) in [6, 6.07) is 0. The van der Waals surface area contributed by atoms with Crippen molar-refractivity contribution in [3.05, 3.63) is 0 Å². The fourth-order valence-electron chi connectivity index (χ4n) is 2.58. The first kappa shape index (κ1) is 10.4. The fraction of sp³-hybridized carbons (Fsp3) is 1.00. The van der Waals surface area contributed by atoms with Gasteiger partial charge < -0.3 is 10.6 Å². The minimum atomic E-state index is 0.293. The predicted octanol–water partition coefficient (Wildman–Crippen LogP) is 0.361. The van der Waals surface area contributed by atoms with E-state index in [9.17, 15) is 0 Å². The van der Waals surface area contributed by atoms with Gasteiger partial charge in [0.2, 0.25) is 0 Å². The summed E-state index contributed by atoms with van der Waals surface area (Å²) in [6.45, 7) is 7.96. The molecule has 0 aromatic heterocycles. The van der Waals surface area contributed by atoms with E-state index in [0.717, 1.165) is 12.5 Å². The van der Waals surface area contributed by atoms with Gasteiger partial charge in [-0.05, 0) is 32.7 Å². The van der Waals surface area contributed by atoms with Crippen LogP contribution in [0.1, 0.15) is 19.8 Å². The molecule has 2 rings (SSSR count). The molecule has 1 heterocycles. The molecule has 0 bridgehead atoms. The van der Waals surface area contributed by atoms with E-state index in [1.807, 2.05) is 0 Å². The molecular formula is C11H23N3. The number of hydrogen-bond acceptors (Lipinski definition) is 3. The van der Waals surface area contributed by atoms with Gasteiger partial charge in [0.25, 0.3) is 0 Å². The zero-order chi connectivity index (χ0) is 10.2. The lowest BCUT2D eigenvalue weighted by molar-refractivity contribution is 0.0416. The molecule has 3 heteroatoms. The molecule has 0 radical (unpaired) electrons. The van der Waals surface area contributed by atoms with Crippen LogP contribution in [0.3, 0.4) is 0 Å². The van der Waals surface area contributed by atoms with Gasteiger partial charge in [0.05, 0.1) is 0 Å². The van der Waals surface area contributed by atoms with E-state index in [0.29, 0.717) is 5.54 Å². The van der Waals surface area contributed by atoms with Crippen LogP contribution < -0.4 is 5.73 Å². The number of rotatable bonds is 3. The van der Waals surface area contributed by atoms with Crippen LogP contribution in [0.4, 0.5) is 0 Å². The second-order valence-electron chi connectivity index (χ2n) is 5.13. The van der Waals surface area contributed by atoms with Crippen molar-refractivity contribution >= 4 is 0 Å². The second kappa shape index (κ2) is 3.80. The number of likely N-dealkylation sites (N-methyl/N-ethyl adjacent to an activating group) is 1. The highest BCUT2D eigenvalue weighted by Crippen LogP contribution is 2.42. The van der Waals surface area contributed by atoms with Crippen LogP contribution in [0, 0.1) is 5.92 Å². The van der Waals surface area contributed by atoms with Crippen molar-refractivity contribution in [3.8, 4) is 0 Å². The van der Waals surface area contributed by atoms with Crippen LogP contribution in [-0.2, 0) is 0 Å². The predicted molar refractivity (Wildman–Crippen MR) is 59.3 cm³/mol. The molecule has 82 valence electrons. The Labute approximate surface area is 87.2 Å². The van der Waals surface area contributed by atoms with Crippen molar-refractivity contribution < 1.29 is 0 Å². The molecule has 0 aromatic rings. The molecule has 2 N–H and O–H groups in total. The SMILES string of the molecule is CN1CCN(C(C)(CN)C2CC2)CC1. The van der Waals surface area contributed by atoms with Gasteiger partial charge in [0, 0.05) is 38.3 Å². The van der Waals surface area contributed by atoms with Gasteiger partial charge in [0.1, 0.15) is 0 Å². The third-order valence-electron chi connectivity index (χ3n) is 4.10. The van der Waals surface area contributed by atoms with Crippen molar-refractivity contribution in [1.82, 2.24) is 9.80 Å². The van der Waals surface area contributed by atoms with Crippen molar-refractivity contribution in [3.63, 3.8) is 0 Å². The number of hydrogen-bond donors (Lipinski definition) is 1. The molecule has 1 aliphatic carbocycles. The Morgan fingerprint density at radius 1 is 1.21 bits per heavy atom. The molecule has 2 fully saturated rings. The molecule has 1 unspecified atom stereocenters. The van der Waals surface area contributed by atoms with Gasteiger partial charge in [-0.25, -0.2) is 0 Å².